The van der Waals surface area contributed by atoms with E-state index in [0.717, 1.165) is 5.69 Å². The third kappa shape index (κ3) is 4.31. The SMILES string of the molecule is Cc1ccc(NC(=S)N[C@H](c2ccccc2C)C(C)C)cc1. The van der Waals surface area contributed by atoms with E-state index in [0.29, 0.717) is 11.0 Å². The van der Waals surface area contributed by atoms with Crippen molar-refractivity contribution in [1.82, 2.24) is 5.32 Å². The predicted octanol–water partition coefficient (Wildman–Crippen LogP) is 4.99. The molecule has 2 N–H and O–H groups in total. The first-order chi connectivity index (χ1) is 10.5. The molecule has 116 valence electrons. The highest BCUT2D eigenvalue weighted by Crippen LogP contribution is 2.24. The molecule has 0 aliphatic carbocycles. The van der Waals surface area contributed by atoms with Gasteiger partial charge in [-0.2, -0.15) is 0 Å². The van der Waals surface area contributed by atoms with Crippen LogP contribution < -0.4 is 10.6 Å². The van der Waals surface area contributed by atoms with Crippen LogP contribution in [0.3, 0.4) is 0 Å². The van der Waals surface area contributed by atoms with Gasteiger partial charge in [0.2, 0.25) is 0 Å². The molecule has 22 heavy (non-hydrogen) atoms. The van der Waals surface area contributed by atoms with Gasteiger partial charge in [0.1, 0.15) is 0 Å². The minimum atomic E-state index is 0.201. The highest BCUT2D eigenvalue weighted by molar-refractivity contribution is 7.80. The molecule has 2 nitrogen and oxygen atoms in total. The van der Waals surface area contributed by atoms with E-state index < -0.39 is 0 Å². The number of anilines is 1. The Hall–Kier alpha value is -1.87. The van der Waals surface area contributed by atoms with Crippen LogP contribution in [0.1, 0.15) is 36.6 Å². The zero-order chi connectivity index (χ0) is 16.1. The number of rotatable bonds is 4. The topological polar surface area (TPSA) is 24.1 Å². The number of hydrogen-bond donors (Lipinski definition) is 2. The Bertz CT molecular complexity index is 632. The van der Waals surface area contributed by atoms with E-state index in [4.69, 9.17) is 12.2 Å². The molecule has 0 saturated heterocycles. The van der Waals surface area contributed by atoms with Crippen molar-refractivity contribution in [2.75, 3.05) is 5.32 Å². The maximum Gasteiger partial charge on any atom is 0.171 e. The first-order valence-electron chi connectivity index (χ1n) is 7.67. The molecule has 3 heteroatoms. The number of thiocarbonyl (C=S) groups is 1. The van der Waals surface area contributed by atoms with Gasteiger partial charge in [0, 0.05) is 5.69 Å². The Kier molecular flexibility index (Phi) is 5.56. The summed E-state index contributed by atoms with van der Waals surface area (Å²) in [4.78, 5) is 0. The average Bonchev–Trinajstić information content (AvgIpc) is 2.48. The molecular weight excluding hydrogens is 288 g/mol. The van der Waals surface area contributed by atoms with E-state index in [9.17, 15) is 0 Å². The molecule has 0 bridgehead atoms. The van der Waals surface area contributed by atoms with E-state index in [2.05, 4.69) is 74.7 Å². The van der Waals surface area contributed by atoms with Crippen molar-refractivity contribution < 1.29 is 0 Å². The smallest absolute Gasteiger partial charge is 0.171 e. The first-order valence-corrected chi connectivity index (χ1v) is 8.08. The lowest BCUT2D eigenvalue weighted by Gasteiger charge is -2.26. The molecular formula is C19H24N2S. The van der Waals surface area contributed by atoms with Crippen molar-refractivity contribution in [2.24, 2.45) is 5.92 Å². The number of hydrogen-bond acceptors (Lipinski definition) is 1. The van der Waals surface area contributed by atoms with Crippen LogP contribution in [0.25, 0.3) is 0 Å². The molecule has 0 radical (unpaired) electrons. The van der Waals surface area contributed by atoms with Gasteiger partial charge in [-0.05, 0) is 55.2 Å². The Morgan fingerprint density at radius 1 is 0.955 bits per heavy atom. The van der Waals surface area contributed by atoms with Gasteiger partial charge in [-0.3, -0.25) is 0 Å². The van der Waals surface area contributed by atoms with Gasteiger partial charge < -0.3 is 10.6 Å². The minimum Gasteiger partial charge on any atom is -0.355 e. The van der Waals surface area contributed by atoms with Crippen molar-refractivity contribution >= 4 is 23.0 Å². The summed E-state index contributed by atoms with van der Waals surface area (Å²) < 4.78 is 0. The second kappa shape index (κ2) is 7.41. The fourth-order valence-corrected chi connectivity index (χ4v) is 2.73. The molecule has 0 saturated carbocycles. The van der Waals surface area contributed by atoms with Crippen molar-refractivity contribution in [3.8, 4) is 0 Å². The van der Waals surface area contributed by atoms with Crippen LogP contribution in [0.5, 0.6) is 0 Å². The number of nitrogens with one attached hydrogen (secondary N) is 2. The quantitative estimate of drug-likeness (QED) is 0.778. The highest BCUT2D eigenvalue weighted by atomic mass is 32.1. The third-order valence-corrected chi connectivity index (χ3v) is 4.01. The van der Waals surface area contributed by atoms with E-state index in [1.54, 1.807) is 0 Å². The fourth-order valence-electron chi connectivity index (χ4n) is 2.48. The zero-order valence-electron chi connectivity index (χ0n) is 13.7. The maximum atomic E-state index is 5.49. The summed E-state index contributed by atoms with van der Waals surface area (Å²) in [6, 6.07) is 16.9. The van der Waals surface area contributed by atoms with Gasteiger partial charge in [0.05, 0.1) is 6.04 Å². The average molecular weight is 312 g/mol. The van der Waals surface area contributed by atoms with E-state index in [1.165, 1.54) is 16.7 Å². The third-order valence-electron chi connectivity index (χ3n) is 3.79. The number of benzene rings is 2. The van der Waals surface area contributed by atoms with Gasteiger partial charge in [-0.15, -0.1) is 0 Å². The molecule has 2 rings (SSSR count). The van der Waals surface area contributed by atoms with Crippen LogP contribution in [0, 0.1) is 19.8 Å². The maximum absolute atomic E-state index is 5.49. The molecule has 1 atom stereocenters. The molecule has 0 heterocycles. The molecule has 2 aromatic carbocycles. The Balaban J connectivity index is 2.10. The molecule has 0 aliphatic rings. The highest BCUT2D eigenvalue weighted by Gasteiger charge is 2.18. The summed E-state index contributed by atoms with van der Waals surface area (Å²) >= 11 is 5.49. The van der Waals surface area contributed by atoms with Gasteiger partial charge >= 0.3 is 0 Å². The Morgan fingerprint density at radius 2 is 1.59 bits per heavy atom. The van der Waals surface area contributed by atoms with Crippen LogP contribution in [0.4, 0.5) is 5.69 Å². The molecule has 2 aromatic rings. The number of aryl methyl sites for hydroxylation is 2. The van der Waals surface area contributed by atoms with Crippen molar-refractivity contribution in [2.45, 2.75) is 33.7 Å². The van der Waals surface area contributed by atoms with E-state index in [-0.39, 0.29) is 6.04 Å². The lowest BCUT2D eigenvalue weighted by molar-refractivity contribution is 0.471. The van der Waals surface area contributed by atoms with E-state index >= 15 is 0 Å². The van der Waals surface area contributed by atoms with Crippen molar-refractivity contribution in [3.05, 3.63) is 65.2 Å². The molecule has 0 fully saturated rings. The van der Waals surface area contributed by atoms with Gasteiger partial charge in [0.15, 0.2) is 5.11 Å². The summed E-state index contributed by atoms with van der Waals surface area (Å²) in [5, 5.41) is 7.38. The van der Waals surface area contributed by atoms with Crippen molar-refractivity contribution in [3.63, 3.8) is 0 Å². The molecule has 0 amide bonds. The molecule has 0 aromatic heterocycles. The minimum absolute atomic E-state index is 0.201. The van der Waals surface area contributed by atoms with Crippen molar-refractivity contribution in [1.29, 1.82) is 0 Å². The van der Waals surface area contributed by atoms with Gasteiger partial charge in [-0.1, -0.05) is 55.8 Å². The first kappa shape index (κ1) is 16.5. The van der Waals surface area contributed by atoms with Gasteiger partial charge in [-0.25, -0.2) is 0 Å². The summed E-state index contributed by atoms with van der Waals surface area (Å²) in [6.07, 6.45) is 0. The standard InChI is InChI=1S/C19H24N2S/c1-13(2)18(17-8-6-5-7-15(17)4)21-19(22)20-16-11-9-14(3)10-12-16/h5-13,18H,1-4H3,(H2,20,21,22)/t18-/m0/s1. The lowest BCUT2D eigenvalue weighted by atomic mass is 9.93. The van der Waals surface area contributed by atoms with Gasteiger partial charge in [0.25, 0.3) is 0 Å². The van der Waals surface area contributed by atoms with Crippen LogP contribution in [0.15, 0.2) is 48.5 Å². The summed E-state index contributed by atoms with van der Waals surface area (Å²) in [5.41, 5.74) is 4.83. The van der Waals surface area contributed by atoms with E-state index in [1.807, 2.05) is 12.1 Å². The summed E-state index contributed by atoms with van der Waals surface area (Å²) in [5.74, 6) is 0.443. The summed E-state index contributed by atoms with van der Waals surface area (Å²) in [6.45, 7) is 8.63. The van der Waals surface area contributed by atoms with Crippen LogP contribution in [0.2, 0.25) is 0 Å². The van der Waals surface area contributed by atoms with Crippen LogP contribution >= 0.6 is 12.2 Å². The predicted molar refractivity (Wildman–Crippen MR) is 99.3 cm³/mol. The monoisotopic (exact) mass is 312 g/mol. The molecule has 0 aliphatic heterocycles. The molecule has 0 unspecified atom stereocenters. The Labute approximate surface area is 139 Å². The second-order valence-corrected chi connectivity index (χ2v) is 6.45. The molecule has 0 spiro atoms. The normalized spacial score (nSPS) is 12.0. The largest absolute Gasteiger partial charge is 0.355 e. The Morgan fingerprint density at radius 3 is 2.18 bits per heavy atom. The lowest BCUT2D eigenvalue weighted by Crippen LogP contribution is -2.35. The summed E-state index contributed by atoms with van der Waals surface area (Å²) in [7, 11) is 0. The zero-order valence-corrected chi connectivity index (χ0v) is 14.5. The fraction of sp³-hybridized carbons (Fsp3) is 0.316. The second-order valence-electron chi connectivity index (χ2n) is 6.04. The van der Waals surface area contributed by atoms with Crippen LogP contribution in [-0.2, 0) is 0 Å². The van der Waals surface area contributed by atoms with Crippen LogP contribution in [-0.4, -0.2) is 5.11 Å².